The maximum atomic E-state index is 12.6. The van der Waals surface area contributed by atoms with Crippen molar-refractivity contribution in [3.05, 3.63) is 77.1 Å². The van der Waals surface area contributed by atoms with Gasteiger partial charge in [0.15, 0.2) is 0 Å². The number of nitriles is 1. The van der Waals surface area contributed by atoms with Crippen LogP contribution >= 0.6 is 0 Å². The zero-order valence-corrected chi connectivity index (χ0v) is 19.0. The van der Waals surface area contributed by atoms with Gasteiger partial charge in [-0.15, -0.1) is 0 Å². The summed E-state index contributed by atoms with van der Waals surface area (Å²) in [6.07, 6.45) is 2.79. The number of esters is 1. The number of carbonyl (C=O) groups is 1. The molecule has 0 N–H and O–H groups in total. The number of benzene rings is 2. The van der Waals surface area contributed by atoms with Gasteiger partial charge in [-0.3, -0.25) is 4.57 Å². The van der Waals surface area contributed by atoms with E-state index in [1.807, 2.05) is 65.6 Å². The van der Waals surface area contributed by atoms with E-state index in [9.17, 15) is 10.1 Å². The third-order valence-electron chi connectivity index (χ3n) is 5.29. The van der Waals surface area contributed by atoms with Crippen LogP contribution in [0.3, 0.4) is 0 Å². The second kappa shape index (κ2) is 9.61. The Bertz CT molecular complexity index is 1330. The van der Waals surface area contributed by atoms with Gasteiger partial charge in [-0.2, -0.15) is 10.2 Å². The predicted molar refractivity (Wildman–Crippen MR) is 126 cm³/mol. The Labute approximate surface area is 192 Å². The smallest absolute Gasteiger partial charge is 0.340 e. The molecule has 0 saturated heterocycles. The SMILES string of the molecule is CCCOc1nc2cccc(C(=O)OCC)c2n1Cc1ccc(-n2cc(C)cc2C#N)cc1. The van der Waals surface area contributed by atoms with Crippen LogP contribution in [0.5, 0.6) is 6.01 Å². The maximum Gasteiger partial charge on any atom is 0.340 e. The average Bonchev–Trinajstić information content (AvgIpc) is 3.38. The molecule has 0 spiro atoms. The van der Waals surface area contributed by atoms with Gasteiger partial charge in [-0.1, -0.05) is 25.1 Å². The molecule has 2 heterocycles. The van der Waals surface area contributed by atoms with Crippen molar-refractivity contribution in [1.82, 2.24) is 14.1 Å². The molecule has 0 saturated carbocycles. The van der Waals surface area contributed by atoms with Gasteiger partial charge in [0, 0.05) is 11.9 Å². The number of carbonyl (C=O) groups excluding carboxylic acids is 1. The first-order chi connectivity index (χ1) is 16.0. The van der Waals surface area contributed by atoms with Crippen molar-refractivity contribution < 1.29 is 14.3 Å². The van der Waals surface area contributed by atoms with Gasteiger partial charge in [0.25, 0.3) is 6.01 Å². The summed E-state index contributed by atoms with van der Waals surface area (Å²) in [5.41, 5.74) is 5.39. The van der Waals surface area contributed by atoms with Gasteiger partial charge in [-0.05, 0) is 61.7 Å². The summed E-state index contributed by atoms with van der Waals surface area (Å²) >= 11 is 0. The molecule has 2 aromatic heterocycles. The van der Waals surface area contributed by atoms with Gasteiger partial charge < -0.3 is 14.0 Å². The number of imidazole rings is 1. The van der Waals surface area contributed by atoms with Crippen LogP contribution in [0.4, 0.5) is 0 Å². The van der Waals surface area contributed by atoms with E-state index >= 15 is 0 Å². The van der Waals surface area contributed by atoms with Crippen molar-refractivity contribution >= 4 is 17.0 Å². The topological polar surface area (TPSA) is 82.1 Å². The molecule has 0 radical (unpaired) electrons. The molecule has 4 rings (SSSR count). The van der Waals surface area contributed by atoms with E-state index in [-0.39, 0.29) is 5.97 Å². The Morgan fingerprint density at radius 3 is 2.64 bits per heavy atom. The fraction of sp³-hybridized carbons (Fsp3) is 0.269. The average molecular weight is 443 g/mol. The van der Waals surface area contributed by atoms with Crippen molar-refractivity contribution in [3.8, 4) is 17.8 Å². The second-order valence-corrected chi connectivity index (χ2v) is 7.77. The van der Waals surface area contributed by atoms with Crippen LogP contribution in [0, 0.1) is 18.3 Å². The van der Waals surface area contributed by atoms with Gasteiger partial charge in [-0.25, -0.2) is 4.79 Å². The number of fused-ring (bicyclic) bond motifs is 1. The van der Waals surface area contributed by atoms with Crippen molar-refractivity contribution in [3.63, 3.8) is 0 Å². The lowest BCUT2D eigenvalue weighted by Crippen LogP contribution is -2.10. The van der Waals surface area contributed by atoms with Gasteiger partial charge >= 0.3 is 5.97 Å². The molecule has 2 aromatic carbocycles. The molecule has 0 aliphatic carbocycles. The normalized spacial score (nSPS) is 10.8. The first kappa shape index (κ1) is 22.2. The highest BCUT2D eigenvalue weighted by Gasteiger charge is 2.20. The quantitative estimate of drug-likeness (QED) is 0.358. The van der Waals surface area contributed by atoms with E-state index in [2.05, 4.69) is 11.1 Å². The Morgan fingerprint density at radius 1 is 1.15 bits per heavy atom. The second-order valence-electron chi connectivity index (χ2n) is 7.77. The standard InChI is InChI=1S/C26H26N4O3/c1-4-13-33-26-28-23-8-6-7-22(25(31)32-5-2)24(23)30(26)17-19-9-11-20(12-10-19)29-16-18(3)14-21(29)15-27/h6-12,14,16H,4-5,13,17H2,1-3H3. The van der Waals surface area contributed by atoms with E-state index in [1.54, 1.807) is 19.1 Å². The first-order valence-electron chi connectivity index (χ1n) is 11.0. The molecule has 0 bridgehead atoms. The molecule has 168 valence electrons. The lowest BCUT2D eigenvalue weighted by atomic mass is 10.1. The molecule has 7 nitrogen and oxygen atoms in total. The van der Waals surface area contributed by atoms with E-state index < -0.39 is 0 Å². The summed E-state index contributed by atoms with van der Waals surface area (Å²) < 4.78 is 15.0. The molecular weight excluding hydrogens is 416 g/mol. The van der Waals surface area contributed by atoms with Crippen LogP contribution in [0.1, 0.15) is 47.4 Å². The summed E-state index contributed by atoms with van der Waals surface area (Å²) in [6.45, 7) is 7.09. The number of aryl methyl sites for hydroxylation is 1. The Balaban J connectivity index is 1.74. The summed E-state index contributed by atoms with van der Waals surface area (Å²) in [7, 11) is 0. The third kappa shape index (κ3) is 4.46. The van der Waals surface area contributed by atoms with Crippen molar-refractivity contribution in [2.75, 3.05) is 13.2 Å². The van der Waals surface area contributed by atoms with Crippen LogP contribution in [0.2, 0.25) is 0 Å². The molecular formula is C26H26N4O3. The minimum atomic E-state index is -0.381. The van der Waals surface area contributed by atoms with Crippen LogP contribution in [-0.2, 0) is 11.3 Å². The number of aromatic nitrogens is 3. The summed E-state index contributed by atoms with van der Waals surface area (Å²) in [5.74, 6) is -0.381. The first-order valence-corrected chi connectivity index (χ1v) is 11.0. The molecule has 0 amide bonds. The highest BCUT2D eigenvalue weighted by atomic mass is 16.5. The van der Waals surface area contributed by atoms with E-state index in [0.717, 1.165) is 23.2 Å². The Kier molecular flexibility index (Phi) is 6.45. The van der Waals surface area contributed by atoms with E-state index in [0.29, 0.717) is 48.1 Å². The summed E-state index contributed by atoms with van der Waals surface area (Å²) in [4.78, 5) is 17.3. The molecule has 0 unspecified atom stereocenters. The molecule has 0 aliphatic rings. The highest BCUT2D eigenvalue weighted by Crippen LogP contribution is 2.27. The Morgan fingerprint density at radius 2 is 1.94 bits per heavy atom. The van der Waals surface area contributed by atoms with Crippen LogP contribution < -0.4 is 4.74 Å². The predicted octanol–water partition coefficient (Wildman–Crippen LogP) is 5.02. The minimum Gasteiger partial charge on any atom is -0.465 e. The van der Waals surface area contributed by atoms with Gasteiger partial charge in [0.2, 0.25) is 0 Å². The monoisotopic (exact) mass is 442 g/mol. The third-order valence-corrected chi connectivity index (χ3v) is 5.29. The number of nitrogens with zero attached hydrogens (tertiary/aromatic N) is 4. The molecule has 4 aromatic rings. The number of rotatable bonds is 8. The van der Waals surface area contributed by atoms with Crippen LogP contribution in [0.25, 0.3) is 16.7 Å². The van der Waals surface area contributed by atoms with Gasteiger partial charge in [0.05, 0.1) is 36.4 Å². The van der Waals surface area contributed by atoms with Crippen LogP contribution in [-0.4, -0.2) is 33.3 Å². The van der Waals surface area contributed by atoms with Crippen molar-refractivity contribution in [2.24, 2.45) is 0 Å². The molecule has 0 aliphatic heterocycles. The summed E-state index contributed by atoms with van der Waals surface area (Å²) in [6, 6.07) is 18.0. The zero-order chi connectivity index (χ0) is 23.4. The van der Waals surface area contributed by atoms with Crippen LogP contribution in [0.15, 0.2) is 54.7 Å². The number of para-hydroxylation sites is 1. The molecule has 0 atom stereocenters. The van der Waals surface area contributed by atoms with Gasteiger partial charge in [0.1, 0.15) is 11.8 Å². The fourth-order valence-electron chi connectivity index (χ4n) is 3.83. The lowest BCUT2D eigenvalue weighted by Gasteiger charge is -2.12. The highest BCUT2D eigenvalue weighted by molar-refractivity contribution is 6.02. The number of ether oxygens (including phenoxy) is 2. The number of hydrogen-bond acceptors (Lipinski definition) is 5. The van der Waals surface area contributed by atoms with E-state index in [4.69, 9.17) is 9.47 Å². The van der Waals surface area contributed by atoms with Crippen molar-refractivity contribution in [1.29, 1.82) is 5.26 Å². The minimum absolute atomic E-state index is 0.299. The largest absolute Gasteiger partial charge is 0.465 e. The zero-order valence-electron chi connectivity index (χ0n) is 19.0. The fourth-order valence-corrected chi connectivity index (χ4v) is 3.83. The Hall–Kier alpha value is -4.05. The van der Waals surface area contributed by atoms with E-state index in [1.165, 1.54) is 0 Å². The maximum absolute atomic E-state index is 12.6. The van der Waals surface area contributed by atoms with Crippen molar-refractivity contribution in [2.45, 2.75) is 33.7 Å². The molecule has 7 heteroatoms. The molecule has 0 fully saturated rings. The summed E-state index contributed by atoms with van der Waals surface area (Å²) in [5, 5.41) is 9.40. The number of hydrogen-bond donors (Lipinski definition) is 0. The molecule has 33 heavy (non-hydrogen) atoms. The lowest BCUT2D eigenvalue weighted by molar-refractivity contribution is 0.0528.